The highest BCUT2D eigenvalue weighted by molar-refractivity contribution is 7.46. The van der Waals surface area contributed by atoms with Crippen LogP contribution in [0.1, 0.15) is 84.0 Å². The summed E-state index contributed by atoms with van der Waals surface area (Å²) in [6.07, 6.45) is 16.2. The standard InChI is InChI=1S/C18H39N2O6P/c1-2-3-4-5-6-7-8-9-10-11-12-13-14-15-16(21)17(19)18(20,22)26-27(23,24)25/h14-17,21-22H,2-13,19-20H2,1H3,(H2,23,24,25)/b15-14+/t16-,17+,18?/m1/s1. The van der Waals surface area contributed by atoms with E-state index in [4.69, 9.17) is 21.3 Å². The number of allylic oxidation sites excluding steroid dienone is 1. The molecule has 0 aromatic carbocycles. The maximum absolute atomic E-state index is 10.7. The number of aliphatic hydroxyl groups is 2. The van der Waals surface area contributed by atoms with E-state index in [0.717, 1.165) is 19.3 Å². The number of phosphoric ester groups is 1. The van der Waals surface area contributed by atoms with Crippen LogP contribution in [0.3, 0.4) is 0 Å². The molecule has 8 N–H and O–H groups in total. The molecule has 0 saturated carbocycles. The van der Waals surface area contributed by atoms with Gasteiger partial charge in [0.25, 0.3) is 5.91 Å². The third-order valence-electron chi connectivity index (χ3n) is 4.42. The summed E-state index contributed by atoms with van der Waals surface area (Å²) in [5, 5.41) is 19.5. The predicted molar refractivity (Wildman–Crippen MR) is 106 cm³/mol. The fourth-order valence-corrected chi connectivity index (χ4v) is 3.28. The van der Waals surface area contributed by atoms with Gasteiger partial charge in [0.15, 0.2) is 0 Å². The average Bonchev–Trinajstić information content (AvgIpc) is 2.56. The van der Waals surface area contributed by atoms with Crippen LogP contribution >= 0.6 is 7.82 Å². The Bertz CT molecular complexity index is 442. The van der Waals surface area contributed by atoms with Crippen LogP contribution in [0.2, 0.25) is 0 Å². The quantitative estimate of drug-likeness (QED) is 0.0923. The molecule has 8 nitrogen and oxygen atoms in total. The van der Waals surface area contributed by atoms with Gasteiger partial charge in [-0.2, -0.15) is 0 Å². The Morgan fingerprint density at radius 3 is 1.89 bits per heavy atom. The second-order valence-corrected chi connectivity index (χ2v) is 8.27. The van der Waals surface area contributed by atoms with E-state index in [1.165, 1.54) is 63.9 Å². The summed E-state index contributed by atoms with van der Waals surface area (Å²) >= 11 is 0. The summed E-state index contributed by atoms with van der Waals surface area (Å²) < 4.78 is 14.7. The van der Waals surface area contributed by atoms with Gasteiger partial charge in [-0.25, -0.2) is 9.09 Å². The van der Waals surface area contributed by atoms with Crippen molar-refractivity contribution in [3.63, 3.8) is 0 Å². The molecule has 162 valence electrons. The molecule has 0 saturated heterocycles. The summed E-state index contributed by atoms with van der Waals surface area (Å²) in [5.74, 6) is -2.83. The van der Waals surface area contributed by atoms with Gasteiger partial charge in [-0.15, -0.1) is 0 Å². The Kier molecular flexibility index (Phi) is 14.5. The fourth-order valence-electron chi connectivity index (χ4n) is 2.78. The predicted octanol–water partition coefficient (Wildman–Crippen LogP) is 2.65. The number of nitrogens with two attached hydrogens (primary N) is 2. The highest BCUT2D eigenvalue weighted by Gasteiger charge is 2.41. The molecule has 27 heavy (non-hydrogen) atoms. The first-order chi connectivity index (χ1) is 12.6. The molecule has 0 spiro atoms. The van der Waals surface area contributed by atoms with Gasteiger partial charge in [-0.3, -0.25) is 5.73 Å². The van der Waals surface area contributed by atoms with E-state index in [1.807, 2.05) is 0 Å². The van der Waals surface area contributed by atoms with Gasteiger partial charge in [0, 0.05) is 0 Å². The fraction of sp³-hybridized carbons (Fsp3) is 0.889. The zero-order chi connectivity index (χ0) is 20.8. The van der Waals surface area contributed by atoms with Crippen LogP contribution in [-0.4, -0.2) is 38.1 Å². The van der Waals surface area contributed by atoms with Crippen LogP contribution < -0.4 is 11.5 Å². The van der Waals surface area contributed by atoms with E-state index in [9.17, 15) is 14.8 Å². The molecule has 0 aliphatic rings. The van der Waals surface area contributed by atoms with Crippen molar-refractivity contribution in [1.82, 2.24) is 0 Å². The lowest BCUT2D eigenvalue weighted by Crippen LogP contribution is -2.61. The first-order valence-electron chi connectivity index (χ1n) is 9.98. The number of rotatable bonds is 17. The van der Waals surface area contributed by atoms with Gasteiger partial charge in [-0.05, 0) is 12.8 Å². The Morgan fingerprint density at radius 2 is 1.44 bits per heavy atom. The number of hydrogen-bond donors (Lipinski definition) is 6. The summed E-state index contributed by atoms with van der Waals surface area (Å²) in [6, 6.07) is -1.60. The van der Waals surface area contributed by atoms with E-state index in [0.29, 0.717) is 0 Å². The Labute approximate surface area is 163 Å². The van der Waals surface area contributed by atoms with Gasteiger partial charge in [-0.1, -0.05) is 83.3 Å². The van der Waals surface area contributed by atoms with Crippen molar-refractivity contribution in [3.8, 4) is 0 Å². The summed E-state index contributed by atoms with van der Waals surface area (Å²) in [5.41, 5.74) is 10.7. The molecule has 0 rings (SSSR count). The molecule has 0 radical (unpaired) electrons. The zero-order valence-corrected chi connectivity index (χ0v) is 17.4. The minimum atomic E-state index is -5.03. The minimum Gasteiger partial charge on any atom is -0.387 e. The molecule has 1 unspecified atom stereocenters. The minimum absolute atomic E-state index is 0.739. The Hall–Kier alpha value is -0.310. The summed E-state index contributed by atoms with van der Waals surface area (Å²) in [7, 11) is -5.03. The highest BCUT2D eigenvalue weighted by atomic mass is 31.2. The zero-order valence-electron chi connectivity index (χ0n) is 16.5. The maximum atomic E-state index is 10.7. The maximum Gasteiger partial charge on any atom is 0.473 e. The smallest absolute Gasteiger partial charge is 0.387 e. The van der Waals surface area contributed by atoms with Crippen LogP contribution in [-0.2, 0) is 9.09 Å². The first-order valence-corrected chi connectivity index (χ1v) is 11.5. The van der Waals surface area contributed by atoms with Crippen molar-refractivity contribution in [1.29, 1.82) is 0 Å². The summed E-state index contributed by atoms with van der Waals surface area (Å²) in [4.78, 5) is 17.4. The molecule has 0 aromatic rings. The second-order valence-electron chi connectivity index (χ2n) is 7.10. The third-order valence-corrected chi connectivity index (χ3v) is 4.95. The average molecular weight is 410 g/mol. The van der Waals surface area contributed by atoms with Gasteiger partial charge in [0.05, 0.1) is 6.10 Å². The molecular formula is C18H39N2O6P. The van der Waals surface area contributed by atoms with Crippen LogP contribution in [0.5, 0.6) is 0 Å². The molecule has 0 amide bonds. The topological polar surface area (TPSA) is 159 Å². The second kappa shape index (κ2) is 14.7. The van der Waals surface area contributed by atoms with E-state index >= 15 is 0 Å². The molecular weight excluding hydrogens is 371 g/mol. The molecule has 0 heterocycles. The molecule has 0 aliphatic heterocycles. The van der Waals surface area contributed by atoms with Crippen molar-refractivity contribution >= 4 is 7.82 Å². The van der Waals surface area contributed by atoms with Crippen molar-refractivity contribution in [3.05, 3.63) is 12.2 Å². The lowest BCUT2D eigenvalue weighted by Gasteiger charge is -2.31. The van der Waals surface area contributed by atoms with Crippen molar-refractivity contribution < 1.29 is 29.1 Å². The number of aliphatic hydroxyl groups excluding tert-OH is 1. The molecule has 9 heteroatoms. The molecule has 0 fully saturated rings. The van der Waals surface area contributed by atoms with Gasteiger partial charge in [0.2, 0.25) is 0 Å². The molecule has 0 aromatic heterocycles. The monoisotopic (exact) mass is 410 g/mol. The summed E-state index contributed by atoms with van der Waals surface area (Å²) in [6.45, 7) is 2.23. The van der Waals surface area contributed by atoms with Crippen LogP contribution in [0.4, 0.5) is 0 Å². The van der Waals surface area contributed by atoms with Crippen molar-refractivity contribution in [2.45, 2.75) is 102 Å². The SMILES string of the molecule is CCCCCCCCCCCCC/C=C/[C@@H](O)[C@H](N)C(N)(O)OP(=O)(O)O. The van der Waals surface area contributed by atoms with Gasteiger partial charge in [0.1, 0.15) is 6.04 Å². The third kappa shape index (κ3) is 15.3. The lowest BCUT2D eigenvalue weighted by molar-refractivity contribution is -0.173. The first kappa shape index (κ1) is 26.7. The number of unbranched alkanes of at least 4 members (excludes halogenated alkanes) is 11. The molecule has 0 aliphatic carbocycles. The van der Waals surface area contributed by atoms with E-state index in [-0.39, 0.29) is 0 Å². The lowest BCUT2D eigenvalue weighted by atomic mass is 10.0. The Morgan fingerprint density at radius 1 is 1.00 bits per heavy atom. The van der Waals surface area contributed by atoms with Crippen molar-refractivity contribution in [2.24, 2.45) is 11.5 Å². The Balaban J connectivity index is 3.77. The van der Waals surface area contributed by atoms with Crippen LogP contribution in [0, 0.1) is 0 Å². The molecule has 0 bridgehead atoms. The van der Waals surface area contributed by atoms with Gasteiger partial charge >= 0.3 is 7.82 Å². The van der Waals surface area contributed by atoms with Crippen LogP contribution in [0.25, 0.3) is 0 Å². The van der Waals surface area contributed by atoms with E-state index in [1.54, 1.807) is 6.08 Å². The number of hydrogen-bond acceptors (Lipinski definition) is 6. The largest absolute Gasteiger partial charge is 0.473 e. The normalized spacial score (nSPS) is 17.1. The van der Waals surface area contributed by atoms with E-state index < -0.39 is 25.9 Å². The van der Waals surface area contributed by atoms with Crippen LogP contribution in [0.15, 0.2) is 12.2 Å². The van der Waals surface area contributed by atoms with E-state index in [2.05, 4.69) is 11.4 Å². The molecule has 3 atom stereocenters. The van der Waals surface area contributed by atoms with Gasteiger partial charge < -0.3 is 25.7 Å². The highest BCUT2D eigenvalue weighted by Crippen LogP contribution is 2.40. The van der Waals surface area contributed by atoms with Crippen molar-refractivity contribution in [2.75, 3.05) is 0 Å². The number of phosphoric acid groups is 1.